The van der Waals surface area contributed by atoms with E-state index in [0.29, 0.717) is 11.5 Å². The Labute approximate surface area is 177 Å². The Balaban J connectivity index is 1.62. The molecule has 2 nitrogen and oxygen atoms in total. The maximum atomic E-state index is 3.83. The van der Waals surface area contributed by atoms with Crippen LogP contribution >= 0.6 is 0 Å². The van der Waals surface area contributed by atoms with Crippen molar-refractivity contribution in [2.24, 2.45) is 11.3 Å². The predicted octanol–water partition coefficient (Wildman–Crippen LogP) is 7.17. The van der Waals surface area contributed by atoms with Gasteiger partial charge >= 0.3 is 0 Å². The van der Waals surface area contributed by atoms with Crippen molar-refractivity contribution in [2.75, 3.05) is 13.6 Å². The zero-order valence-electron chi connectivity index (χ0n) is 20.1. The fourth-order valence-corrected chi connectivity index (χ4v) is 5.92. The molecular weight excluding hydrogens is 340 g/mol. The second-order valence-electron chi connectivity index (χ2n) is 10.6. The number of hydrogen-bond acceptors (Lipinski definition) is 2. The minimum absolute atomic E-state index is 0.698. The quantitative estimate of drug-likeness (QED) is 0.337. The van der Waals surface area contributed by atoms with Crippen LogP contribution in [0, 0.1) is 11.3 Å². The van der Waals surface area contributed by atoms with Gasteiger partial charge in [-0.05, 0) is 89.6 Å². The van der Waals surface area contributed by atoms with E-state index in [1.165, 1.54) is 103 Å². The summed E-state index contributed by atoms with van der Waals surface area (Å²) in [7, 11) is 2.41. The molecule has 1 N–H and O–H groups in total. The third-order valence-electron chi connectivity index (χ3n) is 8.19. The van der Waals surface area contributed by atoms with Gasteiger partial charge in [-0.3, -0.25) is 0 Å². The van der Waals surface area contributed by atoms with Crippen LogP contribution in [0.4, 0.5) is 0 Å². The average molecular weight is 393 g/mol. The molecule has 2 heteroatoms. The van der Waals surface area contributed by atoms with Crippen molar-refractivity contribution in [2.45, 2.75) is 142 Å². The van der Waals surface area contributed by atoms with Gasteiger partial charge in [-0.2, -0.15) is 0 Å². The van der Waals surface area contributed by atoms with E-state index in [1.807, 2.05) is 0 Å². The molecule has 2 saturated carbocycles. The number of unbranched alkanes of at least 4 members (excludes halogenated alkanes) is 2. The van der Waals surface area contributed by atoms with Gasteiger partial charge in [0.25, 0.3) is 0 Å². The second-order valence-corrected chi connectivity index (χ2v) is 10.6. The Morgan fingerprint density at radius 2 is 1.50 bits per heavy atom. The number of rotatable bonds is 14. The largest absolute Gasteiger partial charge is 0.311 e. The lowest BCUT2D eigenvalue weighted by Crippen LogP contribution is -2.53. The van der Waals surface area contributed by atoms with Gasteiger partial charge in [0.1, 0.15) is 0 Å². The lowest BCUT2D eigenvalue weighted by molar-refractivity contribution is 0.00695. The molecule has 0 aromatic heterocycles. The molecule has 0 aromatic carbocycles. The molecule has 0 saturated heterocycles. The molecule has 0 aromatic rings. The third kappa shape index (κ3) is 7.63. The predicted molar refractivity (Wildman–Crippen MR) is 125 cm³/mol. The average Bonchev–Trinajstić information content (AvgIpc) is 2.68. The van der Waals surface area contributed by atoms with Crippen LogP contribution in [0.5, 0.6) is 0 Å². The van der Waals surface area contributed by atoms with Gasteiger partial charge in [0, 0.05) is 18.1 Å². The first-order valence-electron chi connectivity index (χ1n) is 13.0. The topological polar surface area (TPSA) is 15.3 Å². The molecule has 0 bridgehead atoms. The first-order valence-corrected chi connectivity index (χ1v) is 13.0. The van der Waals surface area contributed by atoms with Gasteiger partial charge in [-0.15, -0.1) is 0 Å². The summed E-state index contributed by atoms with van der Waals surface area (Å²) in [5, 5.41) is 3.83. The third-order valence-corrected chi connectivity index (χ3v) is 8.19. The Bertz CT molecular complexity index is 383. The molecule has 0 radical (unpaired) electrons. The van der Waals surface area contributed by atoms with Crippen LogP contribution in [0.3, 0.4) is 0 Å². The van der Waals surface area contributed by atoms with Crippen LogP contribution in [0.1, 0.15) is 124 Å². The standard InChI is InChI=1S/C26H52N2/c1-6-9-12-23(13-10-7-2)14-11-19-28(5)25-15-17-26(18-16-25)20-24(21-26)27-22(4)8-3/h22-25,27H,6-21H2,1-5H3. The van der Waals surface area contributed by atoms with Crippen LogP contribution in [0.2, 0.25) is 0 Å². The monoisotopic (exact) mass is 392 g/mol. The number of nitrogens with one attached hydrogen (secondary N) is 1. The van der Waals surface area contributed by atoms with Crippen molar-refractivity contribution in [3.05, 3.63) is 0 Å². The zero-order chi connectivity index (χ0) is 20.4. The molecule has 1 atom stereocenters. The molecule has 1 spiro atoms. The Kier molecular flexibility index (Phi) is 10.9. The van der Waals surface area contributed by atoms with Crippen molar-refractivity contribution in [3.63, 3.8) is 0 Å². The number of hydrogen-bond donors (Lipinski definition) is 1. The molecule has 0 aliphatic heterocycles. The van der Waals surface area contributed by atoms with E-state index in [1.54, 1.807) is 0 Å². The first kappa shape index (κ1) is 24.2. The van der Waals surface area contributed by atoms with E-state index in [-0.39, 0.29) is 0 Å². The fraction of sp³-hybridized carbons (Fsp3) is 1.00. The lowest BCUT2D eigenvalue weighted by atomic mass is 9.57. The summed E-state index contributed by atoms with van der Waals surface area (Å²) < 4.78 is 0. The van der Waals surface area contributed by atoms with E-state index in [0.717, 1.165) is 18.0 Å². The molecule has 2 aliphatic carbocycles. The van der Waals surface area contributed by atoms with Gasteiger partial charge in [0.05, 0.1) is 0 Å². The van der Waals surface area contributed by atoms with Crippen LogP contribution in [0.25, 0.3) is 0 Å². The van der Waals surface area contributed by atoms with Gasteiger partial charge in [0.2, 0.25) is 0 Å². The van der Waals surface area contributed by atoms with Crippen molar-refractivity contribution in [1.29, 1.82) is 0 Å². The maximum Gasteiger partial charge on any atom is 0.00926 e. The van der Waals surface area contributed by atoms with Crippen LogP contribution in [-0.2, 0) is 0 Å². The lowest BCUT2D eigenvalue weighted by Gasteiger charge is -2.53. The molecule has 2 fully saturated rings. The van der Waals surface area contributed by atoms with E-state index in [9.17, 15) is 0 Å². The van der Waals surface area contributed by atoms with Crippen molar-refractivity contribution < 1.29 is 0 Å². The van der Waals surface area contributed by atoms with Crippen LogP contribution < -0.4 is 5.32 Å². The Morgan fingerprint density at radius 3 is 2.04 bits per heavy atom. The highest BCUT2D eigenvalue weighted by Gasteiger charge is 2.46. The van der Waals surface area contributed by atoms with E-state index in [2.05, 4.69) is 45.0 Å². The minimum atomic E-state index is 0.698. The van der Waals surface area contributed by atoms with Crippen molar-refractivity contribution >= 4 is 0 Å². The van der Waals surface area contributed by atoms with Crippen LogP contribution in [0.15, 0.2) is 0 Å². The Morgan fingerprint density at radius 1 is 0.929 bits per heavy atom. The van der Waals surface area contributed by atoms with Crippen LogP contribution in [-0.4, -0.2) is 36.6 Å². The highest BCUT2D eigenvalue weighted by molar-refractivity contribution is 5.01. The molecule has 166 valence electrons. The van der Waals surface area contributed by atoms with Crippen molar-refractivity contribution in [1.82, 2.24) is 10.2 Å². The summed E-state index contributed by atoms with van der Waals surface area (Å²) in [6.07, 6.45) is 21.4. The highest BCUT2D eigenvalue weighted by atomic mass is 15.1. The van der Waals surface area contributed by atoms with Gasteiger partial charge in [0.15, 0.2) is 0 Å². The smallest absolute Gasteiger partial charge is 0.00926 e. The molecule has 1 unspecified atom stereocenters. The first-order chi connectivity index (χ1) is 13.5. The highest BCUT2D eigenvalue weighted by Crippen LogP contribution is 2.52. The van der Waals surface area contributed by atoms with E-state index >= 15 is 0 Å². The molecule has 0 amide bonds. The zero-order valence-corrected chi connectivity index (χ0v) is 20.1. The minimum Gasteiger partial charge on any atom is -0.311 e. The SMILES string of the molecule is CCCCC(CCCC)CCCN(C)C1CCC2(CC1)CC(NC(C)CC)C2. The summed E-state index contributed by atoms with van der Waals surface area (Å²) in [5.74, 6) is 0.993. The van der Waals surface area contributed by atoms with Gasteiger partial charge < -0.3 is 10.2 Å². The van der Waals surface area contributed by atoms with Gasteiger partial charge in [-0.1, -0.05) is 59.3 Å². The fourth-order valence-electron chi connectivity index (χ4n) is 5.92. The molecular formula is C26H52N2. The molecule has 2 rings (SSSR count). The van der Waals surface area contributed by atoms with E-state index in [4.69, 9.17) is 0 Å². The molecule has 2 aliphatic rings. The maximum absolute atomic E-state index is 3.83. The summed E-state index contributed by atoms with van der Waals surface area (Å²) in [6, 6.07) is 2.37. The normalized spacial score (nSPS) is 28.8. The second kappa shape index (κ2) is 12.6. The van der Waals surface area contributed by atoms with E-state index < -0.39 is 0 Å². The molecule has 0 heterocycles. The summed E-state index contributed by atoms with van der Waals surface area (Å²) in [4.78, 5) is 2.72. The molecule has 28 heavy (non-hydrogen) atoms. The summed E-state index contributed by atoms with van der Waals surface area (Å²) in [5.41, 5.74) is 0.716. The Hall–Kier alpha value is -0.0800. The van der Waals surface area contributed by atoms with Crippen molar-refractivity contribution in [3.8, 4) is 0 Å². The van der Waals surface area contributed by atoms with Gasteiger partial charge in [-0.25, -0.2) is 0 Å². The summed E-state index contributed by atoms with van der Waals surface area (Å²) in [6.45, 7) is 10.6. The number of nitrogens with zero attached hydrogens (tertiary/aromatic N) is 1. The summed E-state index contributed by atoms with van der Waals surface area (Å²) >= 11 is 0.